The Morgan fingerprint density at radius 1 is 1.35 bits per heavy atom. The molecule has 2 aliphatic carbocycles. The first-order chi connectivity index (χ1) is 9.57. The van der Waals surface area contributed by atoms with E-state index in [2.05, 4.69) is 18.3 Å². The van der Waals surface area contributed by atoms with Crippen LogP contribution >= 0.6 is 0 Å². The summed E-state index contributed by atoms with van der Waals surface area (Å²) in [5, 5.41) is 24.1. The minimum atomic E-state index is -0.544. The SMILES string of the molecule is CC1CCCC(O)(CNC2CCc3c(O)cccc32)C1. The molecule has 3 atom stereocenters. The van der Waals surface area contributed by atoms with Crippen molar-refractivity contribution >= 4 is 0 Å². The zero-order valence-corrected chi connectivity index (χ0v) is 12.2. The summed E-state index contributed by atoms with van der Waals surface area (Å²) in [5.41, 5.74) is 1.74. The Hall–Kier alpha value is -1.06. The van der Waals surface area contributed by atoms with Crippen molar-refractivity contribution in [1.82, 2.24) is 5.32 Å². The molecule has 1 fully saturated rings. The quantitative estimate of drug-likeness (QED) is 0.795. The number of hydrogen-bond donors (Lipinski definition) is 3. The van der Waals surface area contributed by atoms with E-state index >= 15 is 0 Å². The van der Waals surface area contributed by atoms with Crippen LogP contribution in [-0.2, 0) is 6.42 Å². The summed E-state index contributed by atoms with van der Waals surface area (Å²) in [5.74, 6) is 1.03. The number of nitrogens with one attached hydrogen (secondary N) is 1. The summed E-state index contributed by atoms with van der Waals surface area (Å²) in [6.07, 6.45) is 6.11. The largest absolute Gasteiger partial charge is 0.508 e. The van der Waals surface area contributed by atoms with Crippen molar-refractivity contribution in [3.8, 4) is 5.75 Å². The summed E-state index contributed by atoms with van der Waals surface area (Å²) in [6.45, 7) is 2.89. The number of aliphatic hydroxyl groups is 1. The highest BCUT2D eigenvalue weighted by Gasteiger charge is 2.34. The van der Waals surface area contributed by atoms with E-state index in [1.807, 2.05) is 6.07 Å². The van der Waals surface area contributed by atoms with Gasteiger partial charge in [-0.1, -0.05) is 31.9 Å². The second kappa shape index (κ2) is 5.38. The number of phenols is 1. The molecule has 0 heterocycles. The Labute approximate surface area is 121 Å². The van der Waals surface area contributed by atoms with Crippen LogP contribution in [0.4, 0.5) is 0 Å². The van der Waals surface area contributed by atoms with Crippen molar-refractivity contribution in [3.63, 3.8) is 0 Å². The molecule has 3 nitrogen and oxygen atoms in total. The second-order valence-corrected chi connectivity index (χ2v) is 6.74. The number of hydrogen-bond acceptors (Lipinski definition) is 3. The highest BCUT2D eigenvalue weighted by molar-refractivity contribution is 5.44. The molecule has 0 bridgehead atoms. The fourth-order valence-corrected chi connectivity index (χ4v) is 3.95. The molecule has 1 aromatic rings. The molecule has 1 saturated carbocycles. The molecule has 1 aromatic carbocycles. The van der Waals surface area contributed by atoms with E-state index in [0.717, 1.165) is 37.7 Å². The van der Waals surface area contributed by atoms with Gasteiger partial charge in [-0.05, 0) is 48.8 Å². The first-order valence-corrected chi connectivity index (χ1v) is 7.84. The maximum atomic E-state index is 10.7. The van der Waals surface area contributed by atoms with Crippen molar-refractivity contribution in [1.29, 1.82) is 0 Å². The summed E-state index contributed by atoms with van der Waals surface area (Å²) in [7, 11) is 0. The molecule has 0 aliphatic heterocycles. The van der Waals surface area contributed by atoms with E-state index in [1.54, 1.807) is 6.07 Å². The van der Waals surface area contributed by atoms with Gasteiger partial charge < -0.3 is 15.5 Å². The van der Waals surface area contributed by atoms with Crippen LogP contribution in [0.25, 0.3) is 0 Å². The third-order valence-corrected chi connectivity index (χ3v) is 4.99. The number of fused-ring (bicyclic) bond motifs is 1. The van der Waals surface area contributed by atoms with Crippen LogP contribution in [0, 0.1) is 5.92 Å². The standard InChI is InChI=1S/C17H25NO2/c1-12-4-3-9-17(20,10-12)11-18-15-8-7-14-13(15)5-2-6-16(14)19/h2,5-6,12,15,18-20H,3-4,7-11H2,1H3. The number of aromatic hydroxyl groups is 1. The normalized spacial score (nSPS) is 33.1. The van der Waals surface area contributed by atoms with Crippen LogP contribution < -0.4 is 5.32 Å². The lowest BCUT2D eigenvalue weighted by atomic mass is 9.79. The van der Waals surface area contributed by atoms with Gasteiger partial charge in [-0.2, -0.15) is 0 Å². The van der Waals surface area contributed by atoms with Crippen molar-refractivity contribution in [2.24, 2.45) is 5.92 Å². The van der Waals surface area contributed by atoms with E-state index in [-0.39, 0.29) is 6.04 Å². The average molecular weight is 275 g/mol. The van der Waals surface area contributed by atoms with E-state index in [0.29, 0.717) is 18.2 Å². The maximum absolute atomic E-state index is 10.7. The molecule has 3 heteroatoms. The molecule has 110 valence electrons. The highest BCUT2D eigenvalue weighted by Crippen LogP contribution is 2.37. The lowest BCUT2D eigenvalue weighted by Crippen LogP contribution is -2.44. The van der Waals surface area contributed by atoms with Crippen LogP contribution in [0.5, 0.6) is 5.75 Å². The van der Waals surface area contributed by atoms with Gasteiger partial charge in [0.15, 0.2) is 0 Å². The molecule has 3 unspecified atom stereocenters. The summed E-state index contributed by atoms with van der Waals surface area (Å²) >= 11 is 0. The number of phenolic OH excluding ortho intramolecular Hbond substituents is 1. The molecule has 0 amide bonds. The molecule has 3 rings (SSSR count). The second-order valence-electron chi connectivity index (χ2n) is 6.74. The molecule has 20 heavy (non-hydrogen) atoms. The molecule has 0 saturated heterocycles. The third kappa shape index (κ3) is 2.70. The molecule has 2 aliphatic rings. The van der Waals surface area contributed by atoms with E-state index < -0.39 is 5.60 Å². The Morgan fingerprint density at radius 3 is 3.00 bits per heavy atom. The predicted molar refractivity (Wildman–Crippen MR) is 79.8 cm³/mol. The topological polar surface area (TPSA) is 52.5 Å². The molecule has 0 aromatic heterocycles. The van der Waals surface area contributed by atoms with Crippen molar-refractivity contribution in [3.05, 3.63) is 29.3 Å². The van der Waals surface area contributed by atoms with Gasteiger partial charge in [0, 0.05) is 12.6 Å². The van der Waals surface area contributed by atoms with Crippen LogP contribution in [0.15, 0.2) is 18.2 Å². The van der Waals surface area contributed by atoms with E-state index in [9.17, 15) is 10.2 Å². The van der Waals surface area contributed by atoms with E-state index in [4.69, 9.17) is 0 Å². The zero-order valence-electron chi connectivity index (χ0n) is 12.2. The van der Waals surface area contributed by atoms with Crippen molar-refractivity contribution < 1.29 is 10.2 Å². The van der Waals surface area contributed by atoms with Gasteiger partial charge in [-0.3, -0.25) is 0 Å². The van der Waals surface area contributed by atoms with Gasteiger partial charge in [-0.15, -0.1) is 0 Å². The fraction of sp³-hybridized carbons (Fsp3) is 0.647. The van der Waals surface area contributed by atoms with Gasteiger partial charge in [-0.25, -0.2) is 0 Å². The van der Waals surface area contributed by atoms with Crippen molar-refractivity contribution in [2.75, 3.05) is 6.54 Å². The first-order valence-electron chi connectivity index (χ1n) is 7.84. The Balaban J connectivity index is 1.65. The van der Waals surface area contributed by atoms with Gasteiger partial charge in [0.1, 0.15) is 5.75 Å². The predicted octanol–water partition coefficient (Wildman–Crippen LogP) is 2.91. The van der Waals surface area contributed by atoms with Crippen LogP contribution in [-0.4, -0.2) is 22.4 Å². The third-order valence-electron chi connectivity index (χ3n) is 4.99. The van der Waals surface area contributed by atoms with Crippen LogP contribution in [0.3, 0.4) is 0 Å². The minimum absolute atomic E-state index is 0.276. The smallest absolute Gasteiger partial charge is 0.119 e. The monoisotopic (exact) mass is 275 g/mol. The number of rotatable bonds is 3. The Morgan fingerprint density at radius 2 is 2.20 bits per heavy atom. The van der Waals surface area contributed by atoms with Crippen molar-refractivity contribution in [2.45, 2.75) is 57.1 Å². The van der Waals surface area contributed by atoms with Gasteiger partial charge in [0.2, 0.25) is 0 Å². The van der Waals surface area contributed by atoms with Crippen LogP contribution in [0.1, 0.15) is 56.2 Å². The average Bonchev–Trinajstić information content (AvgIpc) is 2.81. The van der Waals surface area contributed by atoms with Gasteiger partial charge >= 0.3 is 0 Å². The fourth-order valence-electron chi connectivity index (χ4n) is 3.95. The molecule has 0 radical (unpaired) electrons. The zero-order chi connectivity index (χ0) is 14.2. The molecule has 3 N–H and O–H groups in total. The highest BCUT2D eigenvalue weighted by atomic mass is 16.3. The summed E-state index contributed by atoms with van der Waals surface area (Å²) in [6, 6.07) is 6.04. The Kier molecular flexibility index (Phi) is 3.74. The first kappa shape index (κ1) is 13.9. The van der Waals surface area contributed by atoms with Gasteiger partial charge in [0.25, 0.3) is 0 Å². The lowest BCUT2D eigenvalue weighted by Gasteiger charge is -2.36. The maximum Gasteiger partial charge on any atom is 0.119 e. The number of benzene rings is 1. The molecule has 0 spiro atoms. The molecular weight excluding hydrogens is 250 g/mol. The van der Waals surface area contributed by atoms with Crippen LogP contribution in [0.2, 0.25) is 0 Å². The summed E-state index contributed by atoms with van der Waals surface area (Å²) < 4.78 is 0. The Bertz CT molecular complexity index is 488. The lowest BCUT2D eigenvalue weighted by molar-refractivity contribution is -0.0137. The van der Waals surface area contributed by atoms with Gasteiger partial charge in [0.05, 0.1) is 5.60 Å². The summed E-state index contributed by atoms with van der Waals surface area (Å²) in [4.78, 5) is 0. The molecular formula is C17H25NO2. The minimum Gasteiger partial charge on any atom is -0.508 e. The van der Waals surface area contributed by atoms with E-state index in [1.165, 1.54) is 12.0 Å².